The van der Waals surface area contributed by atoms with Crippen molar-refractivity contribution in [2.24, 2.45) is 5.92 Å². The first-order valence-corrected chi connectivity index (χ1v) is 4.06. The van der Waals surface area contributed by atoms with Gasteiger partial charge in [-0.25, -0.2) is 9.97 Å². The lowest BCUT2D eigenvalue weighted by atomic mass is 9.89. The Morgan fingerprint density at radius 2 is 2.55 bits per heavy atom. The van der Waals surface area contributed by atoms with E-state index in [-0.39, 0.29) is 0 Å². The van der Waals surface area contributed by atoms with Crippen LogP contribution in [0.3, 0.4) is 0 Å². The molecule has 0 amide bonds. The van der Waals surface area contributed by atoms with Crippen molar-refractivity contribution >= 4 is 0 Å². The molecule has 0 spiro atoms. The van der Waals surface area contributed by atoms with Crippen LogP contribution in [-0.4, -0.2) is 9.97 Å². The standard InChI is InChI=1S/C9H11N2/c1-7-2-3-9-8(4-7)5-10-6-11-9/h6-7H,2-4H2,1H3. The molecule has 0 saturated heterocycles. The first-order valence-electron chi connectivity index (χ1n) is 4.06. The molecule has 11 heavy (non-hydrogen) atoms. The van der Waals surface area contributed by atoms with Crippen molar-refractivity contribution in [2.75, 3.05) is 0 Å². The molecule has 1 unspecified atom stereocenters. The van der Waals surface area contributed by atoms with Crippen LogP contribution in [0.4, 0.5) is 0 Å². The summed E-state index contributed by atoms with van der Waals surface area (Å²) in [5, 5.41) is 0. The molecule has 0 fully saturated rings. The second-order valence-electron chi connectivity index (χ2n) is 3.26. The van der Waals surface area contributed by atoms with Crippen LogP contribution in [0.1, 0.15) is 24.6 Å². The van der Waals surface area contributed by atoms with Crippen LogP contribution in [-0.2, 0) is 12.8 Å². The number of fused-ring (bicyclic) bond motifs is 1. The first-order chi connectivity index (χ1) is 5.36. The molecule has 57 valence electrons. The van der Waals surface area contributed by atoms with Crippen LogP contribution in [0.2, 0.25) is 0 Å². The largest absolute Gasteiger partial charge is 0.241 e. The Morgan fingerprint density at radius 1 is 1.64 bits per heavy atom. The van der Waals surface area contributed by atoms with Crippen LogP contribution < -0.4 is 0 Å². The van der Waals surface area contributed by atoms with Crippen molar-refractivity contribution in [1.29, 1.82) is 0 Å². The average molecular weight is 147 g/mol. The molecule has 1 heterocycles. The molecular formula is C9H11N2. The van der Waals surface area contributed by atoms with E-state index in [1.807, 2.05) is 0 Å². The van der Waals surface area contributed by atoms with Crippen molar-refractivity contribution in [2.45, 2.75) is 26.2 Å². The van der Waals surface area contributed by atoms with Gasteiger partial charge in [0.05, 0.1) is 6.20 Å². The smallest absolute Gasteiger partial charge is 0.116 e. The van der Waals surface area contributed by atoms with Crippen molar-refractivity contribution in [1.82, 2.24) is 9.97 Å². The fourth-order valence-electron chi connectivity index (χ4n) is 1.56. The maximum absolute atomic E-state index is 4.21. The summed E-state index contributed by atoms with van der Waals surface area (Å²) < 4.78 is 0. The Kier molecular flexibility index (Phi) is 1.60. The predicted octanol–water partition coefficient (Wildman–Crippen LogP) is 1.40. The summed E-state index contributed by atoms with van der Waals surface area (Å²) in [4.78, 5) is 8.11. The van der Waals surface area contributed by atoms with Gasteiger partial charge in [-0.1, -0.05) is 6.92 Å². The van der Waals surface area contributed by atoms with Gasteiger partial charge in [-0.2, -0.15) is 0 Å². The van der Waals surface area contributed by atoms with E-state index in [2.05, 4.69) is 23.1 Å². The highest BCUT2D eigenvalue weighted by Crippen LogP contribution is 2.21. The zero-order valence-electron chi connectivity index (χ0n) is 6.67. The van der Waals surface area contributed by atoms with E-state index in [1.165, 1.54) is 17.7 Å². The van der Waals surface area contributed by atoms with Gasteiger partial charge >= 0.3 is 0 Å². The van der Waals surface area contributed by atoms with E-state index < -0.39 is 0 Å². The van der Waals surface area contributed by atoms with Crippen LogP contribution in [0.15, 0.2) is 6.33 Å². The number of aryl methyl sites for hydroxylation is 1. The molecule has 1 atom stereocenters. The second-order valence-corrected chi connectivity index (χ2v) is 3.26. The van der Waals surface area contributed by atoms with Crippen molar-refractivity contribution in [3.63, 3.8) is 0 Å². The lowest BCUT2D eigenvalue weighted by Crippen LogP contribution is -2.13. The number of hydrogen-bond acceptors (Lipinski definition) is 2. The van der Waals surface area contributed by atoms with Gasteiger partial charge in [-0.15, -0.1) is 0 Å². The highest BCUT2D eigenvalue weighted by molar-refractivity contribution is 5.18. The number of hydrogen-bond donors (Lipinski definition) is 0. The van der Waals surface area contributed by atoms with Crippen LogP contribution in [0.5, 0.6) is 0 Å². The zero-order valence-corrected chi connectivity index (χ0v) is 6.67. The summed E-state index contributed by atoms with van der Waals surface area (Å²) in [6.07, 6.45) is 8.07. The normalized spacial score (nSPS) is 22.8. The van der Waals surface area contributed by atoms with Gasteiger partial charge in [-0.05, 0) is 25.2 Å². The summed E-state index contributed by atoms with van der Waals surface area (Å²) in [6.45, 7) is 2.27. The molecule has 2 rings (SSSR count). The molecule has 2 nitrogen and oxygen atoms in total. The van der Waals surface area contributed by atoms with E-state index in [0.717, 1.165) is 18.8 Å². The monoisotopic (exact) mass is 147 g/mol. The minimum Gasteiger partial charge on any atom is -0.241 e. The third-order valence-corrected chi connectivity index (χ3v) is 2.25. The second kappa shape index (κ2) is 2.61. The lowest BCUT2D eigenvalue weighted by Gasteiger charge is -2.18. The molecule has 0 saturated carbocycles. The van der Waals surface area contributed by atoms with Crippen LogP contribution in [0, 0.1) is 12.1 Å². The minimum atomic E-state index is 0.782. The fraction of sp³-hybridized carbons (Fsp3) is 0.556. The van der Waals surface area contributed by atoms with E-state index >= 15 is 0 Å². The Labute approximate surface area is 66.7 Å². The number of aromatic nitrogens is 2. The Bertz CT molecular complexity index is 257. The molecule has 1 aromatic heterocycles. The Morgan fingerprint density at radius 3 is 3.45 bits per heavy atom. The van der Waals surface area contributed by atoms with Gasteiger partial charge < -0.3 is 0 Å². The molecular weight excluding hydrogens is 136 g/mol. The van der Waals surface area contributed by atoms with Crippen molar-refractivity contribution in [3.05, 3.63) is 23.8 Å². The molecule has 0 aromatic carbocycles. The molecule has 0 aliphatic heterocycles. The van der Waals surface area contributed by atoms with Crippen LogP contribution in [0.25, 0.3) is 0 Å². The van der Waals surface area contributed by atoms with Gasteiger partial charge in [0.1, 0.15) is 6.33 Å². The third kappa shape index (κ3) is 1.25. The van der Waals surface area contributed by atoms with E-state index in [0.29, 0.717) is 0 Å². The van der Waals surface area contributed by atoms with E-state index in [9.17, 15) is 0 Å². The highest BCUT2D eigenvalue weighted by atomic mass is 14.8. The summed E-state index contributed by atoms with van der Waals surface area (Å²) in [5.74, 6) is 0.782. The molecule has 1 aliphatic rings. The minimum absolute atomic E-state index is 0.782. The van der Waals surface area contributed by atoms with Gasteiger partial charge in [-0.3, -0.25) is 0 Å². The maximum atomic E-state index is 4.21. The van der Waals surface area contributed by atoms with Crippen molar-refractivity contribution in [3.8, 4) is 0 Å². The summed E-state index contributed by atoms with van der Waals surface area (Å²) >= 11 is 0. The zero-order chi connectivity index (χ0) is 7.68. The molecule has 2 heteroatoms. The molecule has 1 aliphatic carbocycles. The SMILES string of the molecule is CC1CCc2ncn[c]c2C1. The van der Waals surface area contributed by atoms with Gasteiger partial charge in [0.2, 0.25) is 0 Å². The van der Waals surface area contributed by atoms with Gasteiger partial charge in [0.15, 0.2) is 0 Å². The molecule has 1 radical (unpaired) electrons. The van der Waals surface area contributed by atoms with E-state index in [4.69, 9.17) is 0 Å². The lowest BCUT2D eigenvalue weighted by molar-refractivity contribution is 0.491. The molecule has 1 aromatic rings. The van der Waals surface area contributed by atoms with Gasteiger partial charge in [0, 0.05) is 11.3 Å². The summed E-state index contributed by atoms with van der Waals surface area (Å²) in [6, 6.07) is 0. The Balaban J connectivity index is 2.34. The summed E-state index contributed by atoms with van der Waals surface area (Å²) in [5.41, 5.74) is 2.43. The fourth-order valence-corrected chi connectivity index (χ4v) is 1.56. The topological polar surface area (TPSA) is 25.8 Å². The van der Waals surface area contributed by atoms with Gasteiger partial charge in [0.25, 0.3) is 0 Å². The number of rotatable bonds is 0. The van der Waals surface area contributed by atoms with E-state index in [1.54, 1.807) is 6.33 Å². The third-order valence-electron chi connectivity index (χ3n) is 2.25. The van der Waals surface area contributed by atoms with Crippen LogP contribution >= 0.6 is 0 Å². The highest BCUT2D eigenvalue weighted by Gasteiger charge is 2.15. The Hall–Kier alpha value is -0.920. The maximum Gasteiger partial charge on any atom is 0.116 e. The molecule has 0 bridgehead atoms. The first kappa shape index (κ1) is 6.77. The van der Waals surface area contributed by atoms with Crippen molar-refractivity contribution < 1.29 is 0 Å². The quantitative estimate of drug-likeness (QED) is 0.554. The summed E-state index contributed by atoms with van der Waals surface area (Å²) in [7, 11) is 0. The number of nitrogens with zero attached hydrogens (tertiary/aromatic N) is 2. The molecule has 0 N–H and O–H groups in total. The average Bonchev–Trinajstić information content (AvgIpc) is 2.04. The predicted molar refractivity (Wildman–Crippen MR) is 42.1 cm³/mol.